The van der Waals surface area contributed by atoms with Crippen LogP contribution in [-0.4, -0.2) is 10.2 Å². The average Bonchev–Trinajstić information content (AvgIpc) is 1.94. The third-order valence-electron chi connectivity index (χ3n) is 1.27. The van der Waals surface area contributed by atoms with Crippen molar-refractivity contribution in [2.24, 2.45) is 0 Å². The number of phenols is 1. The Morgan fingerprint density at radius 1 is 1.45 bits per heavy atom. The fourth-order valence-corrected chi connectivity index (χ4v) is 1.10. The van der Waals surface area contributed by atoms with E-state index in [-0.39, 0.29) is 11.5 Å². The van der Waals surface area contributed by atoms with Crippen LogP contribution in [0, 0.1) is 0 Å². The number of benzene rings is 1. The maximum Gasteiger partial charge on any atom is 0.126 e. The number of rotatable bonds is 1. The fourth-order valence-electron chi connectivity index (χ4n) is 0.739. The number of aromatic hydroxyl groups is 1. The van der Waals surface area contributed by atoms with Crippen molar-refractivity contribution in [1.82, 2.24) is 0 Å². The molecule has 0 aliphatic heterocycles. The summed E-state index contributed by atoms with van der Waals surface area (Å²) in [4.78, 5) is 0. The van der Waals surface area contributed by atoms with Gasteiger partial charge in [0.15, 0.2) is 0 Å². The second-order valence-corrected chi connectivity index (χ2v) is 3.02. The van der Waals surface area contributed by atoms with Gasteiger partial charge in [0.05, 0.1) is 5.56 Å². The first-order chi connectivity index (χ1) is 5.11. The molecule has 0 amide bonds. The lowest BCUT2D eigenvalue weighted by atomic mass is 10.2. The molecular formula is C8H7BrO2. The molecule has 0 aliphatic rings. The van der Waals surface area contributed by atoms with Gasteiger partial charge in [-0.05, 0) is 18.2 Å². The van der Waals surface area contributed by atoms with E-state index in [9.17, 15) is 0 Å². The van der Waals surface area contributed by atoms with Crippen LogP contribution < -0.4 is 0 Å². The van der Waals surface area contributed by atoms with Crippen LogP contribution in [0.4, 0.5) is 0 Å². The molecule has 0 saturated heterocycles. The van der Waals surface area contributed by atoms with Crippen molar-refractivity contribution >= 4 is 21.7 Å². The normalized spacial score (nSPS) is 9.55. The highest BCUT2D eigenvalue weighted by atomic mass is 79.9. The Morgan fingerprint density at radius 3 is 2.55 bits per heavy atom. The van der Waals surface area contributed by atoms with E-state index >= 15 is 0 Å². The molecule has 0 aliphatic carbocycles. The Hall–Kier alpha value is -0.960. The largest absolute Gasteiger partial charge is 0.508 e. The summed E-state index contributed by atoms with van der Waals surface area (Å²) >= 11 is 3.20. The summed E-state index contributed by atoms with van der Waals surface area (Å²) in [6.45, 7) is 3.30. The standard InChI is InChI=1S/C8H7BrO2/c1-5(10)7-4-6(9)2-3-8(7)11/h2-4,10-11H,1H2. The van der Waals surface area contributed by atoms with Crippen molar-refractivity contribution in [3.63, 3.8) is 0 Å². The Balaban J connectivity index is 3.23. The Morgan fingerprint density at radius 2 is 2.09 bits per heavy atom. The van der Waals surface area contributed by atoms with Crippen molar-refractivity contribution in [2.45, 2.75) is 0 Å². The molecule has 1 aromatic rings. The third-order valence-corrected chi connectivity index (χ3v) is 1.76. The molecule has 0 saturated carbocycles. The first-order valence-electron chi connectivity index (χ1n) is 2.98. The molecule has 0 unspecified atom stereocenters. The minimum absolute atomic E-state index is 0.0284. The van der Waals surface area contributed by atoms with Gasteiger partial charge in [-0.15, -0.1) is 0 Å². The fraction of sp³-hybridized carbons (Fsp3) is 0. The van der Waals surface area contributed by atoms with Gasteiger partial charge in [-0.25, -0.2) is 0 Å². The van der Waals surface area contributed by atoms with Crippen molar-refractivity contribution in [3.8, 4) is 5.75 Å². The molecule has 0 fully saturated rings. The van der Waals surface area contributed by atoms with Crippen LogP contribution in [0.3, 0.4) is 0 Å². The number of halogens is 1. The van der Waals surface area contributed by atoms with Gasteiger partial charge in [0.1, 0.15) is 11.5 Å². The number of hydrogen-bond acceptors (Lipinski definition) is 2. The molecule has 0 radical (unpaired) electrons. The van der Waals surface area contributed by atoms with E-state index < -0.39 is 0 Å². The molecule has 0 atom stereocenters. The van der Waals surface area contributed by atoms with Crippen molar-refractivity contribution in [3.05, 3.63) is 34.8 Å². The minimum Gasteiger partial charge on any atom is -0.508 e. The summed E-state index contributed by atoms with van der Waals surface area (Å²) in [7, 11) is 0. The second-order valence-electron chi connectivity index (χ2n) is 2.11. The molecule has 3 heteroatoms. The van der Waals surface area contributed by atoms with Crippen LogP contribution in [-0.2, 0) is 0 Å². The van der Waals surface area contributed by atoms with Gasteiger partial charge in [0.2, 0.25) is 0 Å². The highest BCUT2D eigenvalue weighted by molar-refractivity contribution is 9.10. The lowest BCUT2D eigenvalue weighted by molar-refractivity contribution is 0.461. The van der Waals surface area contributed by atoms with Gasteiger partial charge in [-0.3, -0.25) is 0 Å². The van der Waals surface area contributed by atoms with E-state index in [1.54, 1.807) is 12.1 Å². The van der Waals surface area contributed by atoms with Crippen molar-refractivity contribution in [2.75, 3.05) is 0 Å². The predicted molar refractivity (Wildman–Crippen MR) is 47.5 cm³/mol. The van der Waals surface area contributed by atoms with E-state index in [4.69, 9.17) is 10.2 Å². The quantitative estimate of drug-likeness (QED) is 0.707. The molecular weight excluding hydrogens is 208 g/mol. The maximum absolute atomic E-state index is 9.16. The van der Waals surface area contributed by atoms with Gasteiger partial charge >= 0.3 is 0 Å². The summed E-state index contributed by atoms with van der Waals surface area (Å²) < 4.78 is 0.792. The van der Waals surface area contributed by atoms with Crippen LogP contribution in [0.2, 0.25) is 0 Å². The molecule has 1 rings (SSSR count). The van der Waals surface area contributed by atoms with Gasteiger partial charge < -0.3 is 10.2 Å². The molecule has 2 N–H and O–H groups in total. The van der Waals surface area contributed by atoms with Crippen molar-refractivity contribution in [1.29, 1.82) is 0 Å². The molecule has 58 valence electrons. The van der Waals surface area contributed by atoms with Gasteiger partial charge in [-0.1, -0.05) is 22.5 Å². The number of phenolic OH excluding ortho intramolecular Hbond substituents is 1. The number of hydrogen-bond donors (Lipinski definition) is 2. The van der Waals surface area contributed by atoms with E-state index in [0.29, 0.717) is 5.56 Å². The van der Waals surface area contributed by atoms with Crippen LogP contribution in [0.5, 0.6) is 5.75 Å². The monoisotopic (exact) mass is 214 g/mol. The topological polar surface area (TPSA) is 40.5 Å². The first-order valence-corrected chi connectivity index (χ1v) is 3.77. The van der Waals surface area contributed by atoms with Crippen LogP contribution in [0.25, 0.3) is 5.76 Å². The number of aliphatic hydroxyl groups excluding tert-OH is 1. The van der Waals surface area contributed by atoms with E-state index in [2.05, 4.69) is 22.5 Å². The van der Waals surface area contributed by atoms with Crippen LogP contribution >= 0.6 is 15.9 Å². The smallest absolute Gasteiger partial charge is 0.126 e. The highest BCUT2D eigenvalue weighted by Crippen LogP contribution is 2.25. The van der Waals surface area contributed by atoms with Gasteiger partial charge in [0, 0.05) is 4.47 Å². The van der Waals surface area contributed by atoms with E-state index in [0.717, 1.165) is 4.47 Å². The van der Waals surface area contributed by atoms with E-state index in [1.165, 1.54) is 6.07 Å². The van der Waals surface area contributed by atoms with Crippen LogP contribution in [0.1, 0.15) is 5.56 Å². The zero-order valence-electron chi connectivity index (χ0n) is 5.71. The molecule has 2 nitrogen and oxygen atoms in total. The summed E-state index contributed by atoms with van der Waals surface area (Å²) in [5.41, 5.74) is 0.347. The zero-order chi connectivity index (χ0) is 8.43. The van der Waals surface area contributed by atoms with E-state index in [1.807, 2.05) is 0 Å². The third kappa shape index (κ3) is 1.74. The minimum atomic E-state index is -0.135. The molecule has 11 heavy (non-hydrogen) atoms. The SMILES string of the molecule is C=C(O)c1cc(Br)ccc1O. The maximum atomic E-state index is 9.16. The summed E-state index contributed by atoms with van der Waals surface area (Å²) in [6.07, 6.45) is 0. The van der Waals surface area contributed by atoms with Crippen molar-refractivity contribution < 1.29 is 10.2 Å². The second kappa shape index (κ2) is 2.96. The van der Waals surface area contributed by atoms with Gasteiger partial charge in [0.25, 0.3) is 0 Å². The lowest BCUT2D eigenvalue weighted by Gasteiger charge is -2.01. The Bertz CT molecular complexity index is 294. The van der Waals surface area contributed by atoms with Crippen LogP contribution in [0.15, 0.2) is 29.3 Å². The summed E-state index contributed by atoms with van der Waals surface area (Å²) in [5, 5.41) is 18.1. The Kier molecular flexibility index (Phi) is 2.19. The summed E-state index contributed by atoms with van der Waals surface area (Å²) in [6, 6.07) is 4.76. The lowest BCUT2D eigenvalue weighted by Crippen LogP contribution is -1.81. The average molecular weight is 215 g/mol. The molecule has 1 aromatic carbocycles. The predicted octanol–water partition coefficient (Wildman–Crippen LogP) is 2.68. The number of aliphatic hydroxyl groups is 1. The highest BCUT2D eigenvalue weighted by Gasteiger charge is 2.03. The molecule has 0 heterocycles. The Labute approximate surface area is 72.9 Å². The molecule has 0 spiro atoms. The first kappa shape index (κ1) is 8.14. The van der Waals surface area contributed by atoms with Gasteiger partial charge in [-0.2, -0.15) is 0 Å². The molecule has 0 aromatic heterocycles. The molecule has 0 bridgehead atoms. The zero-order valence-corrected chi connectivity index (χ0v) is 7.30. The summed E-state index contributed by atoms with van der Waals surface area (Å²) in [5.74, 6) is -0.107.